The predicted octanol–water partition coefficient (Wildman–Crippen LogP) is 2.79. The van der Waals surface area contributed by atoms with Gasteiger partial charge in [-0.2, -0.15) is 0 Å². The zero-order chi connectivity index (χ0) is 18.2. The van der Waals surface area contributed by atoms with Crippen molar-refractivity contribution in [3.8, 4) is 5.75 Å². The number of carbonyl (C=O) groups is 2. The van der Waals surface area contributed by atoms with Gasteiger partial charge in [-0.05, 0) is 43.3 Å². The SMILES string of the molecule is CC(Oc1ccc(Cl)cc1)C(=O)NCCNC(=O)c1ccccc1F. The van der Waals surface area contributed by atoms with Gasteiger partial charge >= 0.3 is 0 Å². The lowest BCUT2D eigenvalue weighted by Gasteiger charge is -2.15. The molecule has 132 valence electrons. The van der Waals surface area contributed by atoms with E-state index in [1.807, 2.05) is 0 Å². The largest absolute Gasteiger partial charge is 0.481 e. The quantitative estimate of drug-likeness (QED) is 0.742. The summed E-state index contributed by atoms with van der Waals surface area (Å²) in [5.41, 5.74) is -0.0340. The number of ether oxygens (including phenoxy) is 1. The molecule has 0 radical (unpaired) electrons. The van der Waals surface area contributed by atoms with Crippen LogP contribution in [-0.4, -0.2) is 31.0 Å². The van der Waals surface area contributed by atoms with Crippen LogP contribution in [0.1, 0.15) is 17.3 Å². The van der Waals surface area contributed by atoms with Crippen molar-refractivity contribution in [1.82, 2.24) is 10.6 Å². The normalized spacial score (nSPS) is 11.5. The van der Waals surface area contributed by atoms with Crippen LogP contribution in [0.5, 0.6) is 5.75 Å². The molecular formula is C18H18ClFN2O3. The van der Waals surface area contributed by atoms with E-state index in [2.05, 4.69) is 10.6 Å². The van der Waals surface area contributed by atoms with Crippen LogP contribution in [0.3, 0.4) is 0 Å². The Kier molecular flexibility index (Phi) is 6.77. The number of hydrogen-bond donors (Lipinski definition) is 2. The molecule has 0 aliphatic heterocycles. The number of halogens is 2. The van der Waals surface area contributed by atoms with E-state index in [1.54, 1.807) is 37.3 Å². The third kappa shape index (κ3) is 5.76. The van der Waals surface area contributed by atoms with Crippen molar-refractivity contribution in [3.63, 3.8) is 0 Å². The average molecular weight is 365 g/mol. The molecule has 2 rings (SSSR count). The van der Waals surface area contributed by atoms with Gasteiger partial charge in [0, 0.05) is 18.1 Å². The minimum atomic E-state index is -0.705. The minimum Gasteiger partial charge on any atom is -0.481 e. The molecular weight excluding hydrogens is 347 g/mol. The van der Waals surface area contributed by atoms with Crippen LogP contribution in [0.15, 0.2) is 48.5 Å². The Morgan fingerprint density at radius 1 is 1.08 bits per heavy atom. The maximum absolute atomic E-state index is 13.5. The summed E-state index contributed by atoms with van der Waals surface area (Å²) in [6.45, 7) is 1.99. The van der Waals surface area contributed by atoms with Crippen LogP contribution in [0, 0.1) is 5.82 Å². The van der Waals surface area contributed by atoms with E-state index in [0.717, 1.165) is 0 Å². The summed E-state index contributed by atoms with van der Waals surface area (Å²) in [6.07, 6.45) is -0.705. The molecule has 0 fully saturated rings. The van der Waals surface area contributed by atoms with Crippen molar-refractivity contribution in [1.29, 1.82) is 0 Å². The fraction of sp³-hybridized carbons (Fsp3) is 0.222. The lowest BCUT2D eigenvalue weighted by Crippen LogP contribution is -2.40. The summed E-state index contributed by atoms with van der Waals surface area (Å²) in [5, 5.41) is 5.76. The average Bonchev–Trinajstić information content (AvgIpc) is 2.60. The maximum Gasteiger partial charge on any atom is 0.260 e. The molecule has 2 amide bonds. The van der Waals surface area contributed by atoms with Crippen LogP contribution in [-0.2, 0) is 4.79 Å². The van der Waals surface area contributed by atoms with Gasteiger partial charge in [-0.1, -0.05) is 23.7 Å². The molecule has 0 spiro atoms. The Bertz CT molecular complexity index is 737. The van der Waals surface area contributed by atoms with E-state index in [4.69, 9.17) is 16.3 Å². The standard InChI is InChI=1S/C18H18ClFN2O3/c1-12(25-14-8-6-13(19)7-9-14)17(23)21-10-11-22-18(24)15-4-2-3-5-16(15)20/h2-9,12H,10-11H2,1H3,(H,21,23)(H,22,24). The third-order valence-corrected chi connectivity index (χ3v) is 3.58. The summed E-state index contributed by atoms with van der Waals surface area (Å²) < 4.78 is 18.9. The summed E-state index contributed by atoms with van der Waals surface area (Å²) in [5.74, 6) is -0.915. The maximum atomic E-state index is 13.5. The monoisotopic (exact) mass is 364 g/mol. The highest BCUT2D eigenvalue weighted by atomic mass is 35.5. The second kappa shape index (κ2) is 9.03. The second-order valence-electron chi connectivity index (χ2n) is 5.24. The molecule has 0 heterocycles. The molecule has 1 atom stereocenters. The summed E-state index contributed by atoms with van der Waals surface area (Å²) in [6, 6.07) is 12.4. The molecule has 0 aliphatic rings. The van der Waals surface area contributed by atoms with Gasteiger partial charge < -0.3 is 15.4 Å². The van der Waals surface area contributed by atoms with Crippen molar-refractivity contribution >= 4 is 23.4 Å². The summed E-state index contributed by atoms with van der Waals surface area (Å²) >= 11 is 5.78. The van der Waals surface area contributed by atoms with Crippen LogP contribution in [0.2, 0.25) is 5.02 Å². The van der Waals surface area contributed by atoms with Crippen molar-refractivity contribution in [3.05, 3.63) is 64.9 Å². The van der Waals surface area contributed by atoms with E-state index >= 15 is 0 Å². The first-order valence-corrected chi connectivity index (χ1v) is 8.08. The van der Waals surface area contributed by atoms with Gasteiger partial charge in [-0.15, -0.1) is 0 Å². The molecule has 1 unspecified atom stereocenters. The molecule has 7 heteroatoms. The van der Waals surface area contributed by atoms with Gasteiger partial charge in [0.05, 0.1) is 5.56 Å². The lowest BCUT2D eigenvalue weighted by atomic mass is 10.2. The number of benzene rings is 2. The smallest absolute Gasteiger partial charge is 0.260 e. The molecule has 2 aromatic carbocycles. The fourth-order valence-electron chi connectivity index (χ4n) is 2.02. The van der Waals surface area contributed by atoms with Crippen molar-refractivity contribution in [2.45, 2.75) is 13.0 Å². The molecule has 2 N–H and O–H groups in total. The van der Waals surface area contributed by atoms with E-state index in [0.29, 0.717) is 10.8 Å². The fourth-order valence-corrected chi connectivity index (χ4v) is 2.14. The minimum absolute atomic E-state index is 0.0340. The molecule has 25 heavy (non-hydrogen) atoms. The molecule has 0 saturated carbocycles. The van der Waals surface area contributed by atoms with E-state index in [-0.39, 0.29) is 24.6 Å². The molecule has 0 aliphatic carbocycles. The van der Waals surface area contributed by atoms with Crippen molar-refractivity contribution in [2.24, 2.45) is 0 Å². The first kappa shape index (κ1) is 18.7. The van der Waals surface area contributed by atoms with Gasteiger partial charge in [-0.3, -0.25) is 9.59 Å². The topological polar surface area (TPSA) is 67.4 Å². The summed E-state index contributed by atoms with van der Waals surface area (Å²) in [4.78, 5) is 23.8. The van der Waals surface area contributed by atoms with Gasteiger partial charge in [0.15, 0.2) is 6.10 Å². The van der Waals surface area contributed by atoms with E-state index in [9.17, 15) is 14.0 Å². The lowest BCUT2D eigenvalue weighted by molar-refractivity contribution is -0.127. The molecule has 2 aromatic rings. The Morgan fingerprint density at radius 3 is 2.40 bits per heavy atom. The molecule has 0 aromatic heterocycles. The Morgan fingerprint density at radius 2 is 1.72 bits per heavy atom. The van der Waals surface area contributed by atoms with Crippen LogP contribution < -0.4 is 15.4 Å². The first-order chi connectivity index (χ1) is 12.0. The highest BCUT2D eigenvalue weighted by molar-refractivity contribution is 6.30. The molecule has 5 nitrogen and oxygen atoms in total. The first-order valence-electron chi connectivity index (χ1n) is 7.70. The Labute approximate surface area is 150 Å². The Balaban J connectivity index is 1.72. The highest BCUT2D eigenvalue weighted by Gasteiger charge is 2.14. The Hall–Kier alpha value is -2.60. The molecule has 0 saturated heterocycles. The van der Waals surface area contributed by atoms with E-state index < -0.39 is 17.8 Å². The zero-order valence-electron chi connectivity index (χ0n) is 13.6. The van der Waals surface area contributed by atoms with Gasteiger partial charge in [0.2, 0.25) is 0 Å². The molecule has 0 bridgehead atoms. The van der Waals surface area contributed by atoms with Crippen molar-refractivity contribution < 1.29 is 18.7 Å². The number of amides is 2. The number of nitrogens with one attached hydrogen (secondary N) is 2. The van der Waals surface area contributed by atoms with Crippen LogP contribution >= 0.6 is 11.6 Å². The van der Waals surface area contributed by atoms with Crippen LogP contribution in [0.25, 0.3) is 0 Å². The number of hydrogen-bond acceptors (Lipinski definition) is 3. The second-order valence-corrected chi connectivity index (χ2v) is 5.68. The van der Waals surface area contributed by atoms with Crippen molar-refractivity contribution in [2.75, 3.05) is 13.1 Å². The zero-order valence-corrected chi connectivity index (χ0v) is 14.3. The number of carbonyl (C=O) groups excluding carboxylic acids is 2. The number of rotatable bonds is 7. The van der Waals surface area contributed by atoms with E-state index in [1.165, 1.54) is 18.2 Å². The predicted molar refractivity (Wildman–Crippen MR) is 93.3 cm³/mol. The van der Waals surface area contributed by atoms with Gasteiger partial charge in [-0.25, -0.2) is 4.39 Å². The van der Waals surface area contributed by atoms with Gasteiger partial charge in [0.1, 0.15) is 11.6 Å². The van der Waals surface area contributed by atoms with Crippen LogP contribution in [0.4, 0.5) is 4.39 Å². The third-order valence-electron chi connectivity index (χ3n) is 3.32. The summed E-state index contributed by atoms with van der Waals surface area (Å²) in [7, 11) is 0. The highest BCUT2D eigenvalue weighted by Crippen LogP contribution is 2.16. The van der Waals surface area contributed by atoms with Gasteiger partial charge in [0.25, 0.3) is 11.8 Å².